The van der Waals surface area contributed by atoms with Crippen molar-refractivity contribution in [2.45, 2.75) is 38.1 Å². The third kappa shape index (κ3) is 3.74. The first kappa shape index (κ1) is 15.4. The van der Waals surface area contributed by atoms with Gasteiger partial charge in [-0.25, -0.2) is 4.79 Å². The summed E-state index contributed by atoms with van der Waals surface area (Å²) in [5.41, 5.74) is 0.0565. The maximum absolute atomic E-state index is 12.0. The maximum atomic E-state index is 12.0. The summed E-state index contributed by atoms with van der Waals surface area (Å²) in [6.07, 6.45) is 2.08. The van der Waals surface area contributed by atoms with E-state index in [0.717, 1.165) is 17.7 Å². The molecule has 0 radical (unpaired) electrons. The monoisotopic (exact) mass is 291 g/mol. The number of benzene rings is 1. The Morgan fingerprint density at radius 3 is 2.62 bits per heavy atom. The van der Waals surface area contributed by atoms with Crippen molar-refractivity contribution < 1.29 is 19.4 Å². The van der Waals surface area contributed by atoms with Gasteiger partial charge in [-0.2, -0.15) is 0 Å². The van der Waals surface area contributed by atoms with Gasteiger partial charge in [-0.3, -0.25) is 4.79 Å². The molecule has 1 saturated carbocycles. The first-order chi connectivity index (χ1) is 9.97. The van der Waals surface area contributed by atoms with E-state index in [-0.39, 0.29) is 11.8 Å². The molecule has 2 rings (SSSR count). The third-order valence-electron chi connectivity index (χ3n) is 3.83. The first-order valence-electron chi connectivity index (χ1n) is 7.13. The van der Waals surface area contributed by atoms with Crippen LogP contribution in [0.2, 0.25) is 0 Å². The Bertz CT molecular complexity index is 537. The van der Waals surface area contributed by atoms with Gasteiger partial charge in [0.15, 0.2) is 0 Å². The van der Waals surface area contributed by atoms with Crippen LogP contribution in [0, 0.1) is 5.92 Å². The van der Waals surface area contributed by atoms with E-state index in [4.69, 9.17) is 9.84 Å². The number of carbonyl (C=O) groups is 2. The second-order valence-corrected chi connectivity index (χ2v) is 5.76. The van der Waals surface area contributed by atoms with Gasteiger partial charge in [-0.15, -0.1) is 0 Å². The number of hydrogen-bond acceptors (Lipinski definition) is 3. The lowest BCUT2D eigenvalue weighted by molar-refractivity contribution is -0.143. The van der Waals surface area contributed by atoms with Crippen LogP contribution in [0.5, 0.6) is 5.75 Å². The Kier molecular flexibility index (Phi) is 4.50. The molecule has 1 atom stereocenters. The molecule has 1 aliphatic carbocycles. The highest BCUT2D eigenvalue weighted by Gasteiger charge is 2.51. The zero-order valence-corrected chi connectivity index (χ0v) is 12.4. The Hall–Kier alpha value is -2.04. The zero-order chi connectivity index (χ0) is 15.5. The second kappa shape index (κ2) is 6.16. The topological polar surface area (TPSA) is 75.6 Å². The van der Waals surface area contributed by atoms with E-state index in [1.165, 1.54) is 0 Å². The van der Waals surface area contributed by atoms with E-state index in [1.54, 1.807) is 7.11 Å². The number of amides is 1. The van der Waals surface area contributed by atoms with E-state index < -0.39 is 11.5 Å². The van der Waals surface area contributed by atoms with Crippen LogP contribution in [-0.2, 0) is 16.0 Å². The number of carboxylic acid groups (broad SMARTS) is 1. The van der Waals surface area contributed by atoms with E-state index in [0.29, 0.717) is 19.3 Å². The van der Waals surface area contributed by atoms with Crippen LogP contribution in [0.4, 0.5) is 0 Å². The number of hydrogen-bond donors (Lipinski definition) is 2. The third-order valence-corrected chi connectivity index (χ3v) is 3.83. The molecule has 1 amide bonds. The number of carboxylic acids is 1. The minimum absolute atomic E-state index is 0.117. The van der Waals surface area contributed by atoms with Crippen LogP contribution in [0.25, 0.3) is 0 Å². The Morgan fingerprint density at radius 2 is 2.05 bits per heavy atom. The number of aliphatic carboxylic acids is 1. The van der Waals surface area contributed by atoms with Gasteiger partial charge < -0.3 is 15.2 Å². The molecule has 0 heterocycles. The molecule has 0 spiro atoms. The van der Waals surface area contributed by atoms with Crippen molar-refractivity contribution in [3.05, 3.63) is 29.8 Å². The highest BCUT2D eigenvalue weighted by molar-refractivity contribution is 5.89. The lowest BCUT2D eigenvalue weighted by Gasteiger charge is -2.16. The van der Waals surface area contributed by atoms with Crippen LogP contribution in [0.1, 0.15) is 31.7 Å². The normalized spacial score (nSPS) is 16.9. The van der Waals surface area contributed by atoms with Crippen molar-refractivity contribution in [2.75, 3.05) is 7.11 Å². The van der Waals surface area contributed by atoms with Crippen molar-refractivity contribution >= 4 is 11.9 Å². The molecule has 1 aromatic rings. The van der Waals surface area contributed by atoms with E-state index in [1.807, 2.05) is 31.2 Å². The average molecular weight is 291 g/mol. The van der Waals surface area contributed by atoms with Gasteiger partial charge in [0.25, 0.3) is 0 Å². The molecule has 0 bridgehead atoms. The minimum atomic E-state index is -0.999. The summed E-state index contributed by atoms with van der Waals surface area (Å²) in [6, 6.07) is 7.72. The van der Waals surface area contributed by atoms with Gasteiger partial charge in [0.1, 0.15) is 11.3 Å². The highest BCUT2D eigenvalue weighted by Crippen LogP contribution is 2.35. The minimum Gasteiger partial charge on any atom is -0.496 e. The van der Waals surface area contributed by atoms with Gasteiger partial charge in [-0.1, -0.05) is 25.1 Å². The zero-order valence-electron chi connectivity index (χ0n) is 12.4. The molecule has 21 heavy (non-hydrogen) atoms. The summed E-state index contributed by atoms with van der Waals surface area (Å²) in [5, 5.41) is 11.7. The molecule has 5 heteroatoms. The summed E-state index contributed by atoms with van der Waals surface area (Å²) in [5.74, 6) is -0.203. The van der Waals surface area contributed by atoms with Gasteiger partial charge in [0.05, 0.1) is 7.11 Å². The summed E-state index contributed by atoms with van der Waals surface area (Å²) >= 11 is 0. The Morgan fingerprint density at radius 1 is 1.38 bits per heavy atom. The fourth-order valence-electron chi connectivity index (χ4n) is 2.47. The van der Waals surface area contributed by atoms with Gasteiger partial charge in [-0.05, 0) is 36.8 Å². The van der Waals surface area contributed by atoms with Crippen LogP contribution in [0.3, 0.4) is 0 Å². The Labute approximate surface area is 124 Å². The number of ether oxygens (including phenoxy) is 1. The van der Waals surface area contributed by atoms with E-state index in [9.17, 15) is 9.59 Å². The molecule has 0 saturated heterocycles. The van der Waals surface area contributed by atoms with Gasteiger partial charge >= 0.3 is 5.97 Å². The van der Waals surface area contributed by atoms with Crippen LogP contribution in [-0.4, -0.2) is 29.6 Å². The molecule has 114 valence electrons. The molecule has 0 aliphatic heterocycles. The van der Waals surface area contributed by atoms with Crippen LogP contribution in [0.15, 0.2) is 24.3 Å². The number of nitrogens with one attached hydrogen (secondary N) is 1. The van der Waals surface area contributed by atoms with Crippen LogP contribution < -0.4 is 10.1 Å². The number of carbonyl (C=O) groups excluding carboxylic acids is 1. The van der Waals surface area contributed by atoms with Crippen molar-refractivity contribution in [2.24, 2.45) is 5.92 Å². The molecule has 1 aromatic carbocycles. The molecule has 1 aliphatic rings. The van der Waals surface area contributed by atoms with Gasteiger partial charge in [0, 0.05) is 6.42 Å². The summed E-state index contributed by atoms with van der Waals surface area (Å²) < 4.78 is 5.29. The Balaban J connectivity index is 1.88. The SMILES string of the molecule is COc1ccccc1CC(C)CC(=O)NC1(C(=O)O)CC1. The summed E-state index contributed by atoms with van der Waals surface area (Å²) in [6.45, 7) is 1.98. The molecule has 5 nitrogen and oxygen atoms in total. The predicted molar refractivity (Wildman–Crippen MR) is 78.2 cm³/mol. The van der Waals surface area contributed by atoms with Crippen molar-refractivity contribution in [1.82, 2.24) is 5.32 Å². The maximum Gasteiger partial charge on any atom is 0.329 e. The van der Waals surface area contributed by atoms with E-state index in [2.05, 4.69) is 5.32 Å². The van der Waals surface area contributed by atoms with Crippen LogP contribution >= 0.6 is 0 Å². The molecule has 0 aromatic heterocycles. The fourth-order valence-corrected chi connectivity index (χ4v) is 2.47. The molecular weight excluding hydrogens is 270 g/mol. The molecule has 1 fully saturated rings. The molecule has 1 unspecified atom stereocenters. The predicted octanol–water partition coefficient (Wildman–Crippen LogP) is 2.00. The lowest BCUT2D eigenvalue weighted by Crippen LogP contribution is -2.43. The molecule has 2 N–H and O–H groups in total. The standard InChI is InChI=1S/C16H21NO4/c1-11(9-12-5-3-4-6-13(12)21-2)10-14(18)17-16(7-8-16)15(19)20/h3-6,11H,7-10H2,1-2H3,(H,17,18)(H,19,20). The number of para-hydroxylation sites is 1. The van der Waals surface area contributed by atoms with Crippen molar-refractivity contribution in [3.8, 4) is 5.75 Å². The number of methoxy groups -OCH3 is 1. The fraction of sp³-hybridized carbons (Fsp3) is 0.500. The van der Waals surface area contributed by atoms with Crippen molar-refractivity contribution in [3.63, 3.8) is 0 Å². The smallest absolute Gasteiger partial charge is 0.329 e. The van der Waals surface area contributed by atoms with E-state index >= 15 is 0 Å². The second-order valence-electron chi connectivity index (χ2n) is 5.76. The highest BCUT2D eigenvalue weighted by atomic mass is 16.5. The molecular formula is C16H21NO4. The summed E-state index contributed by atoms with van der Waals surface area (Å²) in [4.78, 5) is 23.0. The van der Waals surface area contributed by atoms with Gasteiger partial charge in [0.2, 0.25) is 5.91 Å². The van der Waals surface area contributed by atoms with Crippen molar-refractivity contribution in [1.29, 1.82) is 0 Å². The summed E-state index contributed by atoms with van der Waals surface area (Å²) in [7, 11) is 1.62. The quantitative estimate of drug-likeness (QED) is 0.805. The largest absolute Gasteiger partial charge is 0.496 e. The average Bonchev–Trinajstić information content (AvgIpc) is 3.19. The first-order valence-corrected chi connectivity index (χ1v) is 7.13. The lowest BCUT2D eigenvalue weighted by atomic mass is 9.97. The number of rotatable bonds is 7.